The lowest BCUT2D eigenvalue weighted by atomic mass is 10.2. The molecule has 0 radical (unpaired) electrons. The van der Waals surface area contributed by atoms with Crippen LogP contribution in [0.5, 0.6) is 0 Å². The molecule has 0 spiro atoms. The minimum atomic E-state index is -0.0356. The molecule has 0 bridgehead atoms. The highest BCUT2D eigenvalue weighted by atomic mass is 35.5. The maximum atomic E-state index is 12.2. The van der Waals surface area contributed by atoms with Crippen LogP contribution in [0.4, 0.5) is 0 Å². The van der Waals surface area contributed by atoms with Crippen molar-refractivity contribution in [2.45, 2.75) is 81.1 Å². The second-order valence-electron chi connectivity index (χ2n) is 14.0. The fraction of sp³-hybridized carbons (Fsp3) is 0.333. The molecule has 0 unspecified atom stereocenters. The second-order valence-corrected chi connectivity index (χ2v) is 16.8. The summed E-state index contributed by atoms with van der Waals surface area (Å²) in [6, 6.07) is 32.1. The van der Waals surface area contributed by atoms with Gasteiger partial charge < -0.3 is 15.4 Å². The van der Waals surface area contributed by atoms with E-state index in [9.17, 15) is 9.59 Å². The van der Waals surface area contributed by atoms with Crippen LogP contribution in [-0.4, -0.2) is 68.1 Å². The van der Waals surface area contributed by atoms with Gasteiger partial charge in [0.2, 0.25) is 11.8 Å². The Morgan fingerprint density at radius 3 is 1.85 bits per heavy atom. The van der Waals surface area contributed by atoms with Crippen molar-refractivity contribution in [2.75, 3.05) is 26.8 Å². The Bertz CT molecular complexity index is 2270. The smallest absolute Gasteiger partial charge is 0.220 e. The third-order valence-corrected chi connectivity index (χ3v) is 11.6. The van der Waals surface area contributed by atoms with Crippen LogP contribution in [0.1, 0.15) is 66.5 Å². The minimum absolute atomic E-state index is 0.0356. The molecule has 2 N–H and O–H groups in total. The van der Waals surface area contributed by atoms with Crippen molar-refractivity contribution < 1.29 is 14.3 Å². The van der Waals surface area contributed by atoms with Crippen molar-refractivity contribution in [2.24, 2.45) is 0 Å². The van der Waals surface area contributed by atoms with E-state index >= 15 is 0 Å². The van der Waals surface area contributed by atoms with Gasteiger partial charge in [0, 0.05) is 78.8 Å². The van der Waals surface area contributed by atoms with Gasteiger partial charge >= 0.3 is 0 Å². The predicted molar refractivity (Wildman–Crippen MR) is 244 cm³/mol. The first-order valence-corrected chi connectivity index (χ1v) is 22.7. The highest BCUT2D eigenvalue weighted by Crippen LogP contribution is 2.28. The maximum Gasteiger partial charge on any atom is 0.220 e. The largest absolute Gasteiger partial charge is 0.383 e. The van der Waals surface area contributed by atoms with Gasteiger partial charge in [-0.15, -0.1) is 20.4 Å². The summed E-state index contributed by atoms with van der Waals surface area (Å²) < 4.78 is 9.01. The van der Waals surface area contributed by atoms with E-state index in [2.05, 4.69) is 92.8 Å². The van der Waals surface area contributed by atoms with Crippen molar-refractivity contribution in [1.29, 1.82) is 0 Å². The fourth-order valence-corrected chi connectivity index (χ4v) is 8.10. The van der Waals surface area contributed by atoms with Crippen LogP contribution in [-0.2, 0) is 38.7 Å². The van der Waals surface area contributed by atoms with Crippen LogP contribution in [0.15, 0.2) is 107 Å². The Morgan fingerprint density at radius 2 is 1.25 bits per heavy atom. The molecule has 316 valence electrons. The van der Waals surface area contributed by atoms with Crippen LogP contribution < -0.4 is 10.6 Å². The quantitative estimate of drug-likeness (QED) is 0.0569. The van der Waals surface area contributed by atoms with Gasteiger partial charge in [-0.1, -0.05) is 114 Å². The lowest BCUT2D eigenvalue weighted by molar-refractivity contribution is -0.122. The number of hydrogen-bond donors (Lipinski definition) is 2. The van der Waals surface area contributed by atoms with Gasteiger partial charge in [-0.25, -0.2) is 0 Å². The van der Waals surface area contributed by atoms with E-state index in [1.165, 1.54) is 11.1 Å². The molecular weight excluding hydrogens is 836 g/mol. The molecule has 0 saturated carbocycles. The number of rotatable bonds is 20. The highest BCUT2D eigenvalue weighted by molar-refractivity contribution is 7.98. The summed E-state index contributed by atoms with van der Waals surface area (Å²) in [5, 5.41) is 26.4. The molecule has 4 aromatic carbocycles. The first kappa shape index (κ1) is 46.4. The van der Waals surface area contributed by atoms with E-state index < -0.39 is 0 Å². The van der Waals surface area contributed by atoms with Gasteiger partial charge in [0.1, 0.15) is 11.6 Å². The highest BCUT2D eigenvalue weighted by Gasteiger charge is 2.18. The monoisotopic (exact) mass is 886 g/mol. The summed E-state index contributed by atoms with van der Waals surface area (Å²) >= 11 is 15.4. The lowest BCUT2D eigenvalue weighted by Crippen LogP contribution is -2.27. The van der Waals surface area contributed by atoms with Crippen molar-refractivity contribution in [3.8, 4) is 11.4 Å². The molecule has 0 aliphatic rings. The Hall–Kier alpha value is -4.66. The van der Waals surface area contributed by atoms with E-state index in [1.54, 1.807) is 30.6 Å². The van der Waals surface area contributed by atoms with Crippen molar-refractivity contribution in [3.63, 3.8) is 0 Å². The Labute approximate surface area is 371 Å². The lowest BCUT2D eigenvalue weighted by Gasteiger charge is -2.11. The van der Waals surface area contributed by atoms with Crippen LogP contribution in [0.25, 0.3) is 11.4 Å². The Morgan fingerprint density at radius 1 is 0.650 bits per heavy atom. The third kappa shape index (κ3) is 14.8. The number of amides is 2. The number of nitrogens with one attached hydrogen (secondary N) is 2. The zero-order valence-corrected chi connectivity index (χ0v) is 37.6. The van der Waals surface area contributed by atoms with Crippen LogP contribution in [0.2, 0.25) is 10.0 Å². The van der Waals surface area contributed by atoms with Gasteiger partial charge in [0.05, 0.1) is 6.61 Å². The normalized spacial score (nSPS) is 10.9. The van der Waals surface area contributed by atoms with Gasteiger partial charge in [0.25, 0.3) is 0 Å². The standard InChI is InChI=1S/C23H27ClN4OS.C22H25ClN4O2S/c1-3-4-13-25-22(29)12-11-21-26-27-23(28(21)20-10-5-7-17(2)14-20)30-16-18-8-6-9-19(24)15-18;1-16-3-5-17(6-4-16)15-30-22-26-25-20(11-12-21(28)24-13-14-29-2)27(22)19-9-7-18(23)8-10-19/h5-10,14-15H,3-4,11-13,16H2,1-2H3,(H,25,29);3-10H,11-15H2,1-2H3,(H,24,28). The van der Waals surface area contributed by atoms with E-state index in [4.69, 9.17) is 27.9 Å². The number of thioether (sulfide) groups is 2. The summed E-state index contributed by atoms with van der Waals surface area (Å²) in [6.45, 7) is 7.96. The molecule has 0 atom stereocenters. The predicted octanol–water partition coefficient (Wildman–Crippen LogP) is 9.59. The molecule has 0 aliphatic carbocycles. The summed E-state index contributed by atoms with van der Waals surface area (Å²) in [5.41, 5.74) is 6.67. The van der Waals surface area contributed by atoms with E-state index in [0.717, 1.165) is 80.4 Å². The number of ether oxygens (including phenoxy) is 1. The number of aryl methyl sites for hydroxylation is 4. The Balaban J connectivity index is 0.000000228. The number of methoxy groups -OCH3 is 1. The number of carbonyl (C=O) groups excluding carboxylic acids is 2. The average molecular weight is 888 g/mol. The number of halogens is 2. The molecule has 0 fully saturated rings. The van der Waals surface area contributed by atoms with Crippen LogP contribution in [0.3, 0.4) is 0 Å². The summed E-state index contributed by atoms with van der Waals surface area (Å²) in [5.74, 6) is 3.07. The zero-order chi connectivity index (χ0) is 42.7. The Kier molecular flexibility index (Phi) is 19.0. The van der Waals surface area contributed by atoms with Gasteiger partial charge in [-0.3, -0.25) is 18.7 Å². The molecule has 6 rings (SSSR count). The number of carbonyl (C=O) groups is 2. The zero-order valence-electron chi connectivity index (χ0n) is 34.5. The molecule has 0 saturated heterocycles. The maximum absolute atomic E-state index is 12.2. The molecule has 2 amide bonds. The number of nitrogens with zero attached hydrogens (tertiary/aromatic N) is 6. The topological polar surface area (TPSA) is 129 Å². The molecule has 11 nitrogen and oxygen atoms in total. The SMILES string of the molecule is CCCCNC(=O)CCc1nnc(SCc2cccc(Cl)c2)n1-c1cccc(C)c1.COCCNC(=O)CCc1nnc(SCc2ccc(C)cc2)n1-c1ccc(Cl)cc1. The van der Waals surface area contributed by atoms with Gasteiger partial charge in [-0.05, 0) is 85.5 Å². The van der Waals surface area contributed by atoms with Crippen LogP contribution in [0, 0.1) is 13.8 Å². The number of hydrogen-bond acceptors (Lipinski definition) is 9. The van der Waals surface area contributed by atoms with Gasteiger partial charge in [-0.2, -0.15) is 0 Å². The molecule has 6 aromatic rings. The number of aromatic nitrogens is 6. The first-order valence-electron chi connectivity index (χ1n) is 19.9. The summed E-state index contributed by atoms with van der Waals surface area (Å²) in [4.78, 5) is 24.2. The third-order valence-electron chi connectivity index (χ3n) is 9.12. The molecule has 15 heteroatoms. The molecule has 60 heavy (non-hydrogen) atoms. The average Bonchev–Trinajstić information content (AvgIpc) is 3.85. The molecular formula is C45H52Cl2N8O3S2. The molecule has 2 aromatic heterocycles. The van der Waals surface area contributed by atoms with E-state index in [-0.39, 0.29) is 11.8 Å². The number of benzene rings is 4. The van der Waals surface area contributed by atoms with Crippen molar-refractivity contribution >= 4 is 58.5 Å². The summed E-state index contributed by atoms with van der Waals surface area (Å²) in [7, 11) is 1.61. The van der Waals surface area contributed by atoms with Crippen molar-refractivity contribution in [3.05, 3.63) is 141 Å². The fourth-order valence-electron chi connectivity index (χ4n) is 5.92. The molecule has 0 aliphatic heterocycles. The second kappa shape index (κ2) is 24.6. The van der Waals surface area contributed by atoms with Crippen molar-refractivity contribution in [1.82, 2.24) is 40.2 Å². The van der Waals surface area contributed by atoms with Crippen LogP contribution >= 0.6 is 46.7 Å². The van der Waals surface area contributed by atoms with E-state index in [1.807, 2.05) is 65.2 Å². The first-order chi connectivity index (χ1) is 29.1. The van der Waals surface area contributed by atoms with Gasteiger partial charge in [0.15, 0.2) is 10.3 Å². The van der Waals surface area contributed by atoms with E-state index in [0.29, 0.717) is 43.9 Å². The molecule has 2 heterocycles. The minimum Gasteiger partial charge on any atom is -0.383 e. The number of unbranched alkanes of at least 4 members (excludes halogenated alkanes) is 1. The summed E-state index contributed by atoms with van der Waals surface area (Å²) in [6.07, 6.45) is 3.81.